The number of carbonyl (C=O) groups is 1. The van der Waals surface area contributed by atoms with E-state index >= 15 is 0 Å². The lowest BCUT2D eigenvalue weighted by molar-refractivity contribution is -0.139. The van der Waals surface area contributed by atoms with Crippen LogP contribution in [0, 0.1) is 18.8 Å². The Bertz CT molecular complexity index is 1070. The van der Waals surface area contributed by atoms with Gasteiger partial charge >= 0.3 is 5.97 Å². The molecular weight excluding hydrogens is 384 g/mol. The van der Waals surface area contributed by atoms with Gasteiger partial charge in [-0.25, -0.2) is 4.79 Å². The van der Waals surface area contributed by atoms with Gasteiger partial charge in [0.1, 0.15) is 11.5 Å². The van der Waals surface area contributed by atoms with E-state index < -0.39 is 5.97 Å². The van der Waals surface area contributed by atoms with Gasteiger partial charge in [0.25, 0.3) is 0 Å². The maximum atomic E-state index is 10.6. The van der Waals surface area contributed by atoms with E-state index in [1.165, 1.54) is 11.8 Å². The van der Waals surface area contributed by atoms with Crippen LogP contribution in [0.1, 0.15) is 16.7 Å². The average molecular weight is 404 g/mol. The van der Waals surface area contributed by atoms with Crippen molar-refractivity contribution in [1.29, 1.82) is 0 Å². The van der Waals surface area contributed by atoms with Gasteiger partial charge in [0.2, 0.25) is 0 Å². The van der Waals surface area contributed by atoms with Crippen molar-refractivity contribution in [2.75, 3.05) is 6.61 Å². The van der Waals surface area contributed by atoms with Crippen LogP contribution in [-0.2, 0) is 11.2 Å². The summed E-state index contributed by atoms with van der Waals surface area (Å²) in [7, 11) is 0. The molecule has 0 fully saturated rings. The van der Waals surface area contributed by atoms with Crippen molar-refractivity contribution in [3.63, 3.8) is 0 Å². The van der Waals surface area contributed by atoms with Crippen LogP contribution in [0.2, 0.25) is 0 Å². The summed E-state index contributed by atoms with van der Waals surface area (Å²) in [5, 5.41) is 18.8. The summed E-state index contributed by atoms with van der Waals surface area (Å²) in [6.07, 6.45) is 0.649. The third-order valence-electron chi connectivity index (χ3n) is 3.99. The zero-order valence-corrected chi connectivity index (χ0v) is 16.7. The summed E-state index contributed by atoms with van der Waals surface area (Å²) < 4.78 is 5.26. The number of phenolic OH excluding ortho intramolecular Hbond substituents is 1. The van der Waals surface area contributed by atoms with Crippen LogP contribution in [0.15, 0.2) is 76.5 Å². The first kappa shape index (κ1) is 20.4. The predicted octanol–water partition coefficient (Wildman–Crippen LogP) is 4.91. The fourth-order valence-electron chi connectivity index (χ4n) is 2.68. The van der Waals surface area contributed by atoms with E-state index in [0.29, 0.717) is 12.2 Å². The first-order valence-electron chi connectivity index (χ1n) is 8.99. The van der Waals surface area contributed by atoms with Gasteiger partial charge in [0.05, 0.1) is 0 Å². The fraction of sp³-hybridized carbons (Fsp3) is 0.125. The SMILES string of the molecule is Cc1cc(Sc2cc(O)cc(C#CCc3ccccc3)c2)ccc1OCC(=O)O. The van der Waals surface area contributed by atoms with E-state index in [1.54, 1.807) is 18.2 Å². The number of benzene rings is 3. The smallest absolute Gasteiger partial charge is 0.341 e. The molecule has 146 valence electrons. The van der Waals surface area contributed by atoms with Crippen molar-refractivity contribution in [2.45, 2.75) is 23.1 Å². The van der Waals surface area contributed by atoms with Crippen molar-refractivity contribution in [3.8, 4) is 23.3 Å². The number of rotatable bonds is 6. The summed E-state index contributed by atoms with van der Waals surface area (Å²) in [6, 6.07) is 20.8. The van der Waals surface area contributed by atoms with E-state index in [9.17, 15) is 9.90 Å². The zero-order chi connectivity index (χ0) is 20.6. The third-order valence-corrected chi connectivity index (χ3v) is 4.95. The Morgan fingerprint density at radius 1 is 1.03 bits per heavy atom. The second-order valence-electron chi connectivity index (χ2n) is 6.39. The van der Waals surface area contributed by atoms with Crippen molar-refractivity contribution in [1.82, 2.24) is 0 Å². The van der Waals surface area contributed by atoms with Crippen molar-refractivity contribution in [3.05, 3.63) is 83.4 Å². The summed E-state index contributed by atoms with van der Waals surface area (Å²) in [5.74, 6) is 5.95. The molecule has 0 amide bonds. The van der Waals surface area contributed by atoms with Gasteiger partial charge in [0.15, 0.2) is 6.61 Å². The Morgan fingerprint density at radius 2 is 1.83 bits per heavy atom. The lowest BCUT2D eigenvalue weighted by atomic mass is 10.1. The average Bonchev–Trinajstić information content (AvgIpc) is 2.68. The predicted molar refractivity (Wildman–Crippen MR) is 114 cm³/mol. The Kier molecular flexibility index (Phi) is 6.83. The monoisotopic (exact) mass is 404 g/mol. The van der Waals surface area contributed by atoms with Crippen molar-refractivity contribution >= 4 is 17.7 Å². The first-order valence-corrected chi connectivity index (χ1v) is 9.81. The number of aromatic hydroxyl groups is 1. The molecule has 0 spiro atoms. The number of hydrogen-bond donors (Lipinski definition) is 2. The summed E-state index contributed by atoms with van der Waals surface area (Å²) >= 11 is 1.49. The number of aryl methyl sites for hydroxylation is 1. The molecule has 0 aromatic heterocycles. The highest BCUT2D eigenvalue weighted by molar-refractivity contribution is 7.99. The lowest BCUT2D eigenvalue weighted by Gasteiger charge is -2.09. The van der Waals surface area contributed by atoms with E-state index in [4.69, 9.17) is 9.84 Å². The quantitative estimate of drug-likeness (QED) is 0.572. The molecule has 0 saturated heterocycles. The molecule has 3 aromatic carbocycles. The third kappa shape index (κ3) is 6.34. The minimum atomic E-state index is -1.01. The van der Waals surface area contributed by atoms with Crippen LogP contribution in [0.4, 0.5) is 0 Å². The summed E-state index contributed by atoms with van der Waals surface area (Å²) in [6.45, 7) is 1.50. The lowest BCUT2D eigenvalue weighted by Crippen LogP contribution is -2.09. The Morgan fingerprint density at radius 3 is 2.55 bits per heavy atom. The van der Waals surface area contributed by atoms with Crippen LogP contribution in [0.3, 0.4) is 0 Å². The molecular formula is C24H20O4S. The van der Waals surface area contributed by atoms with Crippen LogP contribution in [0.5, 0.6) is 11.5 Å². The molecule has 0 unspecified atom stereocenters. The Hall–Kier alpha value is -3.36. The van der Waals surface area contributed by atoms with Crippen LogP contribution >= 0.6 is 11.8 Å². The van der Waals surface area contributed by atoms with Gasteiger partial charge in [0, 0.05) is 21.8 Å². The molecule has 3 rings (SSSR count). The van der Waals surface area contributed by atoms with Crippen LogP contribution in [-0.4, -0.2) is 22.8 Å². The second-order valence-corrected chi connectivity index (χ2v) is 7.54. The molecule has 2 N–H and O–H groups in total. The Balaban J connectivity index is 1.71. The molecule has 0 radical (unpaired) electrons. The normalized spacial score (nSPS) is 10.1. The molecule has 3 aromatic rings. The molecule has 0 bridgehead atoms. The van der Waals surface area contributed by atoms with Gasteiger partial charge in [-0.05, 0) is 54.4 Å². The van der Waals surface area contributed by atoms with E-state index in [0.717, 1.165) is 26.5 Å². The fourth-order valence-corrected chi connectivity index (χ4v) is 3.69. The molecule has 0 aliphatic rings. The van der Waals surface area contributed by atoms with E-state index in [-0.39, 0.29) is 12.4 Å². The highest BCUT2D eigenvalue weighted by Crippen LogP contribution is 2.33. The number of carboxylic acids is 1. The molecule has 4 nitrogen and oxygen atoms in total. The molecule has 0 atom stereocenters. The molecule has 0 heterocycles. The standard InChI is InChI=1S/C24H20O4S/c1-17-12-21(10-11-23(17)28-16-24(26)27)29-22-14-19(13-20(25)15-22)9-5-8-18-6-3-2-4-7-18/h2-4,6-7,10-15,25H,8,16H2,1H3,(H,26,27). The van der Waals surface area contributed by atoms with E-state index in [1.807, 2.05) is 55.5 Å². The molecule has 0 saturated carbocycles. The zero-order valence-electron chi connectivity index (χ0n) is 15.9. The molecule has 29 heavy (non-hydrogen) atoms. The number of ether oxygens (including phenoxy) is 1. The number of carboxylic acid groups (broad SMARTS) is 1. The number of aliphatic carboxylic acids is 1. The Labute approximate surface area is 174 Å². The van der Waals surface area contributed by atoms with Crippen LogP contribution < -0.4 is 4.74 Å². The van der Waals surface area contributed by atoms with Crippen molar-refractivity contribution < 1.29 is 19.7 Å². The summed E-state index contributed by atoms with van der Waals surface area (Å²) in [5.41, 5.74) is 2.75. The van der Waals surface area contributed by atoms with Gasteiger partial charge in [-0.3, -0.25) is 0 Å². The molecule has 5 heteroatoms. The maximum absolute atomic E-state index is 10.6. The van der Waals surface area contributed by atoms with Gasteiger partial charge < -0.3 is 14.9 Å². The highest BCUT2D eigenvalue weighted by atomic mass is 32.2. The molecule has 0 aliphatic heterocycles. The van der Waals surface area contributed by atoms with Gasteiger partial charge in [-0.1, -0.05) is 53.9 Å². The summed E-state index contributed by atoms with van der Waals surface area (Å²) in [4.78, 5) is 12.5. The van der Waals surface area contributed by atoms with Crippen molar-refractivity contribution in [2.24, 2.45) is 0 Å². The van der Waals surface area contributed by atoms with Gasteiger partial charge in [-0.2, -0.15) is 0 Å². The minimum absolute atomic E-state index is 0.164. The largest absolute Gasteiger partial charge is 0.508 e. The maximum Gasteiger partial charge on any atom is 0.341 e. The number of phenols is 1. The van der Waals surface area contributed by atoms with Crippen LogP contribution in [0.25, 0.3) is 0 Å². The highest BCUT2D eigenvalue weighted by Gasteiger charge is 2.06. The topological polar surface area (TPSA) is 66.8 Å². The molecule has 0 aliphatic carbocycles. The number of hydrogen-bond acceptors (Lipinski definition) is 4. The first-order chi connectivity index (χ1) is 14.0. The van der Waals surface area contributed by atoms with Gasteiger partial charge in [-0.15, -0.1) is 0 Å². The second kappa shape index (κ2) is 9.72. The van der Waals surface area contributed by atoms with E-state index in [2.05, 4.69) is 11.8 Å². The minimum Gasteiger partial charge on any atom is -0.508 e.